The van der Waals surface area contributed by atoms with Gasteiger partial charge in [0.2, 0.25) is 4.84 Å². The Morgan fingerprint density at radius 3 is 2.71 bits per heavy atom. The van der Waals surface area contributed by atoms with Gasteiger partial charge in [-0.1, -0.05) is 55.6 Å². The van der Waals surface area contributed by atoms with Crippen LogP contribution in [0.3, 0.4) is 0 Å². The van der Waals surface area contributed by atoms with Crippen LogP contribution in [-0.4, -0.2) is 10.8 Å². The lowest BCUT2D eigenvalue weighted by atomic mass is 9.96. The van der Waals surface area contributed by atoms with Crippen LogP contribution in [0.15, 0.2) is 24.3 Å². The number of carbonyl (C=O) groups excluding carboxylic acids is 1. The van der Waals surface area contributed by atoms with Crippen molar-refractivity contribution in [3.8, 4) is 5.75 Å². The smallest absolute Gasteiger partial charge is 0.344 e. The van der Waals surface area contributed by atoms with Crippen molar-refractivity contribution in [2.45, 2.75) is 37.4 Å². The van der Waals surface area contributed by atoms with E-state index in [4.69, 9.17) is 27.9 Å². The minimum absolute atomic E-state index is 0.446. The minimum atomic E-state index is -1.15. The lowest BCUT2D eigenvalue weighted by Crippen LogP contribution is -2.15. The maximum atomic E-state index is 11.2. The van der Waals surface area contributed by atoms with Crippen LogP contribution in [0.4, 0.5) is 0 Å². The highest BCUT2D eigenvalue weighted by Crippen LogP contribution is 2.24. The summed E-state index contributed by atoms with van der Waals surface area (Å²) in [6, 6.07) is 7.46. The molecule has 0 bridgehead atoms. The van der Waals surface area contributed by atoms with Gasteiger partial charge < -0.3 is 4.74 Å². The summed E-state index contributed by atoms with van der Waals surface area (Å²) >= 11 is 10.8. The van der Waals surface area contributed by atoms with E-state index in [1.165, 1.54) is 0 Å². The Morgan fingerprint density at radius 1 is 1.41 bits per heavy atom. The average Bonchev–Trinajstić information content (AvgIpc) is 2.29. The van der Waals surface area contributed by atoms with Crippen molar-refractivity contribution < 1.29 is 9.53 Å². The van der Waals surface area contributed by atoms with Crippen molar-refractivity contribution in [2.24, 2.45) is 0 Å². The molecule has 4 heteroatoms. The minimum Gasteiger partial charge on any atom is -0.425 e. The number of hydrogen-bond donors (Lipinski definition) is 0. The van der Waals surface area contributed by atoms with Gasteiger partial charge in [0.25, 0.3) is 0 Å². The third-order valence-corrected chi connectivity index (χ3v) is 2.90. The van der Waals surface area contributed by atoms with Crippen molar-refractivity contribution in [1.29, 1.82) is 0 Å². The maximum absolute atomic E-state index is 11.2. The predicted molar refractivity (Wildman–Crippen MR) is 70.9 cm³/mol. The van der Waals surface area contributed by atoms with Crippen molar-refractivity contribution in [2.75, 3.05) is 0 Å². The molecule has 0 aromatic heterocycles. The van der Waals surface area contributed by atoms with Gasteiger partial charge in [0, 0.05) is 0 Å². The average molecular weight is 275 g/mol. The highest BCUT2D eigenvalue weighted by molar-refractivity contribution is 6.53. The normalized spacial score (nSPS) is 12.5. The molecule has 2 nitrogen and oxygen atoms in total. The number of esters is 1. The number of carbonyl (C=O) groups is 1. The summed E-state index contributed by atoms with van der Waals surface area (Å²) in [5.41, 5.74) is 1.15. The summed E-state index contributed by atoms with van der Waals surface area (Å²) in [4.78, 5) is 10.1. The lowest BCUT2D eigenvalue weighted by molar-refractivity contribution is -0.132. The first-order chi connectivity index (χ1) is 8.04. The summed E-state index contributed by atoms with van der Waals surface area (Å²) < 4.78 is 5.04. The Balaban J connectivity index is 2.75. The summed E-state index contributed by atoms with van der Waals surface area (Å²) in [5.74, 6) is 0.289. The zero-order valence-electron chi connectivity index (χ0n) is 9.95. The molecule has 0 radical (unpaired) electrons. The molecule has 1 aromatic rings. The first-order valence-electron chi connectivity index (χ1n) is 5.64. The van der Waals surface area contributed by atoms with Crippen molar-refractivity contribution in [3.05, 3.63) is 29.8 Å². The molecule has 0 aliphatic carbocycles. The van der Waals surface area contributed by atoms with Gasteiger partial charge in [-0.3, -0.25) is 0 Å². The SMILES string of the molecule is CCCC(C)c1cccc(OC(=O)C(Cl)Cl)c1. The van der Waals surface area contributed by atoms with Crippen molar-refractivity contribution in [3.63, 3.8) is 0 Å². The van der Waals surface area contributed by atoms with E-state index in [0.717, 1.165) is 18.4 Å². The number of halogens is 2. The molecular formula is C13H16Cl2O2. The van der Waals surface area contributed by atoms with Crippen LogP contribution in [0, 0.1) is 0 Å². The second-order valence-electron chi connectivity index (χ2n) is 3.98. The van der Waals surface area contributed by atoms with Gasteiger partial charge in [0.05, 0.1) is 0 Å². The van der Waals surface area contributed by atoms with E-state index in [2.05, 4.69) is 13.8 Å². The van der Waals surface area contributed by atoms with Gasteiger partial charge >= 0.3 is 5.97 Å². The summed E-state index contributed by atoms with van der Waals surface area (Å²) in [7, 11) is 0. The molecule has 0 heterocycles. The summed E-state index contributed by atoms with van der Waals surface area (Å²) in [6.07, 6.45) is 2.22. The number of ether oxygens (including phenoxy) is 1. The molecule has 0 N–H and O–H groups in total. The van der Waals surface area contributed by atoms with Gasteiger partial charge in [-0.2, -0.15) is 0 Å². The fraction of sp³-hybridized carbons (Fsp3) is 0.462. The van der Waals surface area contributed by atoms with Crippen LogP contribution >= 0.6 is 23.2 Å². The van der Waals surface area contributed by atoms with E-state index in [-0.39, 0.29) is 0 Å². The lowest BCUT2D eigenvalue weighted by Gasteiger charge is -2.12. The molecule has 1 unspecified atom stereocenters. The Morgan fingerprint density at radius 2 is 2.12 bits per heavy atom. The molecule has 1 atom stereocenters. The predicted octanol–water partition coefficient (Wildman–Crippen LogP) is 4.30. The van der Waals surface area contributed by atoms with Gasteiger partial charge in [-0.25, -0.2) is 4.79 Å². The van der Waals surface area contributed by atoms with Gasteiger partial charge in [-0.15, -0.1) is 0 Å². The Kier molecular flexibility index (Phi) is 5.79. The van der Waals surface area contributed by atoms with Gasteiger partial charge in [0.1, 0.15) is 5.75 Å². The molecule has 0 aliphatic rings. The standard InChI is InChI=1S/C13H16Cl2O2/c1-3-5-9(2)10-6-4-7-11(8-10)17-13(16)12(14)15/h4,6-9,12H,3,5H2,1-2H3. The Hall–Kier alpha value is -0.730. The first-order valence-corrected chi connectivity index (χ1v) is 6.51. The van der Waals surface area contributed by atoms with Crippen LogP contribution in [0.5, 0.6) is 5.75 Å². The van der Waals surface area contributed by atoms with Crippen LogP contribution in [0.1, 0.15) is 38.2 Å². The maximum Gasteiger partial charge on any atom is 0.344 e. The fourth-order valence-corrected chi connectivity index (χ4v) is 1.73. The fourth-order valence-electron chi connectivity index (χ4n) is 1.64. The summed E-state index contributed by atoms with van der Waals surface area (Å²) in [6.45, 7) is 4.29. The zero-order valence-corrected chi connectivity index (χ0v) is 11.5. The second kappa shape index (κ2) is 6.87. The van der Waals surface area contributed by atoms with Gasteiger partial charge in [0.15, 0.2) is 0 Å². The second-order valence-corrected chi connectivity index (χ2v) is 5.08. The Labute approximate surface area is 112 Å². The molecule has 94 valence electrons. The number of benzene rings is 1. The molecule has 0 saturated carbocycles. The molecule has 0 spiro atoms. The monoisotopic (exact) mass is 274 g/mol. The van der Waals surface area contributed by atoms with E-state index in [9.17, 15) is 4.79 Å². The van der Waals surface area contributed by atoms with Crippen molar-refractivity contribution >= 4 is 29.2 Å². The van der Waals surface area contributed by atoms with E-state index >= 15 is 0 Å². The van der Waals surface area contributed by atoms with E-state index < -0.39 is 10.8 Å². The third-order valence-electron chi connectivity index (χ3n) is 2.55. The van der Waals surface area contributed by atoms with E-state index in [1.807, 2.05) is 18.2 Å². The van der Waals surface area contributed by atoms with Crippen LogP contribution in [-0.2, 0) is 4.79 Å². The van der Waals surface area contributed by atoms with E-state index in [0.29, 0.717) is 11.7 Å². The highest BCUT2D eigenvalue weighted by atomic mass is 35.5. The van der Waals surface area contributed by atoms with Crippen LogP contribution < -0.4 is 4.74 Å². The highest BCUT2D eigenvalue weighted by Gasteiger charge is 2.14. The molecule has 0 amide bonds. The van der Waals surface area contributed by atoms with Gasteiger partial charge in [-0.05, 0) is 30.0 Å². The summed E-state index contributed by atoms with van der Waals surface area (Å²) in [5, 5.41) is 0. The third kappa shape index (κ3) is 4.57. The number of hydrogen-bond acceptors (Lipinski definition) is 2. The largest absolute Gasteiger partial charge is 0.425 e. The quantitative estimate of drug-likeness (QED) is 0.455. The number of alkyl halides is 2. The first kappa shape index (κ1) is 14.3. The van der Waals surface area contributed by atoms with Crippen molar-refractivity contribution in [1.82, 2.24) is 0 Å². The van der Waals surface area contributed by atoms with Crippen LogP contribution in [0.25, 0.3) is 0 Å². The molecule has 0 saturated heterocycles. The molecule has 0 fully saturated rings. The molecule has 17 heavy (non-hydrogen) atoms. The molecule has 1 rings (SSSR count). The molecule has 1 aromatic carbocycles. The number of rotatable bonds is 5. The van der Waals surface area contributed by atoms with E-state index in [1.54, 1.807) is 6.07 Å². The molecular weight excluding hydrogens is 259 g/mol. The topological polar surface area (TPSA) is 26.3 Å². The van der Waals surface area contributed by atoms with Crippen LogP contribution in [0.2, 0.25) is 0 Å². The zero-order chi connectivity index (χ0) is 12.8. The Bertz CT molecular complexity index is 377. The molecule has 0 aliphatic heterocycles.